The van der Waals surface area contributed by atoms with Crippen molar-refractivity contribution in [3.63, 3.8) is 0 Å². The number of hydrogen-bond donors (Lipinski definition) is 2. The van der Waals surface area contributed by atoms with Gasteiger partial charge >= 0.3 is 7.12 Å². The zero-order chi connectivity index (χ0) is 13.6. The summed E-state index contributed by atoms with van der Waals surface area (Å²) in [5.74, 6) is 0. The molecule has 0 atom stereocenters. The maximum atomic E-state index is 9.54. The van der Waals surface area contributed by atoms with E-state index in [4.69, 9.17) is 0 Å². The standard InChI is InChI=1S/C15H15BO2S/c1-15(2)10-6-3-4-9-13(10)19-14-11(15)7-5-8-12(14)16(17)18/h3-9,17-18H,1-2H3. The van der Waals surface area contributed by atoms with E-state index in [0.717, 1.165) is 10.5 Å². The lowest BCUT2D eigenvalue weighted by Gasteiger charge is -2.35. The second kappa shape index (κ2) is 4.41. The third kappa shape index (κ3) is 1.91. The highest BCUT2D eigenvalue weighted by molar-refractivity contribution is 7.99. The van der Waals surface area contributed by atoms with Crippen molar-refractivity contribution in [3.05, 3.63) is 53.6 Å². The van der Waals surface area contributed by atoms with Gasteiger partial charge in [0.1, 0.15) is 0 Å². The summed E-state index contributed by atoms with van der Waals surface area (Å²) in [5.41, 5.74) is 2.91. The maximum Gasteiger partial charge on any atom is 0.489 e. The molecule has 0 bridgehead atoms. The van der Waals surface area contributed by atoms with E-state index in [2.05, 4.69) is 38.1 Å². The summed E-state index contributed by atoms with van der Waals surface area (Å²) in [4.78, 5) is 2.16. The summed E-state index contributed by atoms with van der Waals surface area (Å²) in [6, 6.07) is 14.1. The van der Waals surface area contributed by atoms with Gasteiger partial charge in [-0.25, -0.2) is 0 Å². The molecule has 4 heteroatoms. The molecule has 0 saturated heterocycles. The predicted molar refractivity (Wildman–Crippen MR) is 79.0 cm³/mol. The van der Waals surface area contributed by atoms with E-state index in [1.54, 1.807) is 17.8 Å². The van der Waals surface area contributed by atoms with Crippen LogP contribution in [0.15, 0.2) is 52.3 Å². The van der Waals surface area contributed by atoms with E-state index in [-0.39, 0.29) is 5.41 Å². The van der Waals surface area contributed by atoms with Gasteiger partial charge in [0.25, 0.3) is 0 Å². The van der Waals surface area contributed by atoms with Crippen molar-refractivity contribution in [3.8, 4) is 0 Å². The average Bonchev–Trinajstić information content (AvgIpc) is 2.38. The molecule has 0 aliphatic carbocycles. The van der Waals surface area contributed by atoms with Crippen LogP contribution in [0.5, 0.6) is 0 Å². The lowest BCUT2D eigenvalue weighted by molar-refractivity contribution is 0.424. The molecular formula is C15H15BO2S. The van der Waals surface area contributed by atoms with Crippen LogP contribution >= 0.6 is 11.8 Å². The minimum absolute atomic E-state index is 0.123. The van der Waals surface area contributed by atoms with Crippen molar-refractivity contribution in [1.82, 2.24) is 0 Å². The molecule has 1 aliphatic rings. The Kier molecular flexibility index (Phi) is 2.97. The van der Waals surface area contributed by atoms with Crippen molar-refractivity contribution in [2.24, 2.45) is 0 Å². The lowest BCUT2D eigenvalue weighted by atomic mass is 9.72. The van der Waals surface area contributed by atoms with Crippen LogP contribution in [0.2, 0.25) is 0 Å². The fourth-order valence-electron chi connectivity index (χ4n) is 2.69. The van der Waals surface area contributed by atoms with Crippen molar-refractivity contribution in [1.29, 1.82) is 0 Å². The van der Waals surface area contributed by atoms with Gasteiger partial charge in [-0.05, 0) is 22.7 Å². The molecule has 0 spiro atoms. The van der Waals surface area contributed by atoms with E-state index in [9.17, 15) is 10.0 Å². The smallest absolute Gasteiger partial charge is 0.423 e. The van der Waals surface area contributed by atoms with E-state index in [1.165, 1.54) is 10.5 Å². The zero-order valence-electron chi connectivity index (χ0n) is 10.9. The topological polar surface area (TPSA) is 40.5 Å². The largest absolute Gasteiger partial charge is 0.489 e. The Morgan fingerprint density at radius 2 is 1.63 bits per heavy atom. The van der Waals surface area contributed by atoms with Gasteiger partial charge in [0.2, 0.25) is 0 Å². The van der Waals surface area contributed by atoms with E-state index < -0.39 is 7.12 Å². The first-order valence-electron chi connectivity index (χ1n) is 6.28. The molecule has 1 heterocycles. The Balaban J connectivity index is 2.27. The molecule has 0 radical (unpaired) electrons. The van der Waals surface area contributed by atoms with Gasteiger partial charge in [-0.2, -0.15) is 0 Å². The quantitative estimate of drug-likeness (QED) is 0.780. The molecule has 0 unspecified atom stereocenters. The molecule has 3 rings (SSSR count). The van der Waals surface area contributed by atoms with Gasteiger partial charge in [-0.3, -0.25) is 0 Å². The highest BCUT2D eigenvalue weighted by atomic mass is 32.2. The van der Waals surface area contributed by atoms with Crippen molar-refractivity contribution < 1.29 is 10.0 Å². The summed E-state index contributed by atoms with van der Waals surface area (Å²) in [6.07, 6.45) is 0. The highest BCUT2D eigenvalue weighted by Crippen LogP contribution is 2.48. The second-order valence-electron chi connectivity index (χ2n) is 5.32. The summed E-state index contributed by atoms with van der Waals surface area (Å²) in [5, 5.41) is 19.1. The van der Waals surface area contributed by atoms with Gasteiger partial charge < -0.3 is 10.0 Å². The first-order valence-corrected chi connectivity index (χ1v) is 7.10. The van der Waals surface area contributed by atoms with Gasteiger partial charge in [-0.15, -0.1) is 0 Å². The number of benzene rings is 2. The molecule has 0 fully saturated rings. The van der Waals surface area contributed by atoms with Crippen LogP contribution in [0, 0.1) is 0 Å². The summed E-state index contributed by atoms with van der Waals surface area (Å²) >= 11 is 1.62. The van der Waals surface area contributed by atoms with Gasteiger partial charge in [-0.1, -0.05) is 62.0 Å². The first-order chi connectivity index (χ1) is 9.01. The third-order valence-corrected chi connectivity index (χ3v) is 5.01. The minimum atomic E-state index is -1.43. The van der Waals surface area contributed by atoms with Crippen LogP contribution in [-0.4, -0.2) is 17.2 Å². The Morgan fingerprint density at radius 1 is 0.947 bits per heavy atom. The summed E-state index contributed by atoms with van der Waals surface area (Å²) < 4.78 is 0. The van der Waals surface area contributed by atoms with E-state index >= 15 is 0 Å². The lowest BCUT2D eigenvalue weighted by Crippen LogP contribution is -2.35. The van der Waals surface area contributed by atoms with Gasteiger partial charge in [0, 0.05) is 15.2 Å². The normalized spacial score (nSPS) is 15.6. The highest BCUT2D eigenvalue weighted by Gasteiger charge is 2.35. The Labute approximate surface area is 117 Å². The molecular weight excluding hydrogens is 255 g/mol. The van der Waals surface area contributed by atoms with Crippen molar-refractivity contribution >= 4 is 24.3 Å². The maximum absolute atomic E-state index is 9.54. The molecule has 19 heavy (non-hydrogen) atoms. The molecule has 0 saturated carbocycles. The van der Waals surface area contributed by atoms with Gasteiger partial charge in [0.05, 0.1) is 0 Å². The molecule has 2 nitrogen and oxygen atoms in total. The molecule has 0 aromatic heterocycles. The number of fused-ring (bicyclic) bond motifs is 2. The summed E-state index contributed by atoms with van der Waals surface area (Å²) in [6.45, 7) is 4.36. The van der Waals surface area contributed by atoms with Crippen LogP contribution in [-0.2, 0) is 5.41 Å². The monoisotopic (exact) mass is 270 g/mol. The summed E-state index contributed by atoms with van der Waals surface area (Å²) in [7, 11) is -1.43. The van der Waals surface area contributed by atoms with Crippen LogP contribution in [0.25, 0.3) is 0 Å². The van der Waals surface area contributed by atoms with Crippen LogP contribution in [0.4, 0.5) is 0 Å². The van der Waals surface area contributed by atoms with Crippen LogP contribution in [0.1, 0.15) is 25.0 Å². The van der Waals surface area contributed by atoms with Gasteiger partial charge in [0.15, 0.2) is 0 Å². The second-order valence-corrected chi connectivity index (χ2v) is 6.37. The van der Waals surface area contributed by atoms with Crippen molar-refractivity contribution in [2.75, 3.05) is 0 Å². The van der Waals surface area contributed by atoms with Crippen LogP contribution < -0.4 is 5.46 Å². The Bertz CT molecular complexity index is 638. The first kappa shape index (κ1) is 12.8. The number of hydrogen-bond acceptors (Lipinski definition) is 3. The average molecular weight is 270 g/mol. The molecule has 2 aromatic rings. The third-order valence-electron chi connectivity index (χ3n) is 3.77. The van der Waals surface area contributed by atoms with Crippen LogP contribution in [0.3, 0.4) is 0 Å². The molecule has 1 aliphatic heterocycles. The van der Waals surface area contributed by atoms with E-state index in [1.807, 2.05) is 12.1 Å². The molecule has 2 N–H and O–H groups in total. The molecule has 2 aromatic carbocycles. The van der Waals surface area contributed by atoms with E-state index in [0.29, 0.717) is 5.46 Å². The Morgan fingerprint density at radius 3 is 2.37 bits per heavy atom. The zero-order valence-corrected chi connectivity index (χ0v) is 11.7. The number of rotatable bonds is 1. The minimum Gasteiger partial charge on any atom is -0.423 e. The molecule has 96 valence electrons. The van der Waals surface area contributed by atoms with Crippen molar-refractivity contribution in [2.45, 2.75) is 29.1 Å². The predicted octanol–water partition coefficient (Wildman–Crippen LogP) is 2.16. The Hall–Kier alpha value is -1.23. The SMILES string of the molecule is CC1(C)c2ccccc2Sc2c(B(O)O)cccc21. The fourth-order valence-corrected chi connectivity index (χ4v) is 4.22. The fraction of sp³-hybridized carbons (Fsp3) is 0.200. The molecule has 0 amide bonds.